The molecule has 0 saturated heterocycles. The van der Waals surface area contributed by atoms with Crippen LogP contribution in [0.15, 0.2) is 17.5 Å². The van der Waals surface area contributed by atoms with Gasteiger partial charge in [-0.3, -0.25) is 4.90 Å². The maximum absolute atomic E-state index is 10.0. The number of aliphatic hydroxyl groups is 1. The fraction of sp³-hybridized carbons (Fsp3) is 0.667. The third kappa shape index (κ3) is 3.59. The van der Waals surface area contributed by atoms with Gasteiger partial charge in [0.2, 0.25) is 0 Å². The van der Waals surface area contributed by atoms with Crippen LogP contribution in [0.1, 0.15) is 38.1 Å². The summed E-state index contributed by atoms with van der Waals surface area (Å²) in [5, 5.41) is 12.1. The van der Waals surface area contributed by atoms with E-state index in [1.165, 1.54) is 4.88 Å². The van der Waals surface area contributed by atoms with Crippen LogP contribution >= 0.6 is 11.3 Å². The van der Waals surface area contributed by atoms with Crippen molar-refractivity contribution in [3.63, 3.8) is 0 Å². The van der Waals surface area contributed by atoms with Crippen LogP contribution in [0, 0.1) is 0 Å². The Hall–Kier alpha value is -0.380. The minimum Gasteiger partial charge on any atom is -0.389 e. The first-order chi connectivity index (χ1) is 6.96. The summed E-state index contributed by atoms with van der Waals surface area (Å²) in [7, 11) is 2.06. The molecule has 1 aromatic rings. The molecule has 0 saturated carbocycles. The lowest BCUT2D eigenvalue weighted by molar-refractivity contribution is 0.0142. The highest BCUT2D eigenvalue weighted by atomic mass is 32.1. The van der Waals surface area contributed by atoms with E-state index in [9.17, 15) is 5.11 Å². The Labute approximate surface area is 96.5 Å². The molecule has 86 valence electrons. The van der Waals surface area contributed by atoms with Crippen LogP contribution in [0.25, 0.3) is 0 Å². The molecule has 0 aliphatic rings. The first kappa shape index (κ1) is 12.7. The van der Waals surface area contributed by atoms with Crippen LogP contribution in [-0.2, 0) is 0 Å². The van der Waals surface area contributed by atoms with Crippen molar-refractivity contribution in [2.24, 2.45) is 0 Å². The number of thiophene rings is 1. The Morgan fingerprint density at radius 3 is 2.73 bits per heavy atom. The molecule has 0 bridgehead atoms. The molecule has 0 amide bonds. The van der Waals surface area contributed by atoms with Gasteiger partial charge >= 0.3 is 0 Å². The molecule has 0 aliphatic heterocycles. The SMILES string of the molecule is CCC(C)(O)CN(C)C(C)c1cccs1. The van der Waals surface area contributed by atoms with Crippen molar-refractivity contribution in [1.29, 1.82) is 0 Å². The van der Waals surface area contributed by atoms with Gasteiger partial charge in [-0.15, -0.1) is 11.3 Å². The smallest absolute Gasteiger partial charge is 0.0743 e. The standard InChI is InChI=1S/C12H21NOS/c1-5-12(3,14)9-13(4)10(2)11-7-6-8-15-11/h6-8,10,14H,5,9H2,1-4H3. The van der Waals surface area contributed by atoms with Gasteiger partial charge in [-0.1, -0.05) is 13.0 Å². The lowest BCUT2D eigenvalue weighted by Crippen LogP contribution is -2.39. The molecule has 0 radical (unpaired) electrons. The summed E-state index contributed by atoms with van der Waals surface area (Å²) in [6, 6.07) is 4.59. The summed E-state index contributed by atoms with van der Waals surface area (Å²) in [4.78, 5) is 3.56. The maximum atomic E-state index is 10.0. The van der Waals surface area contributed by atoms with Crippen LogP contribution in [0.3, 0.4) is 0 Å². The zero-order valence-electron chi connectivity index (χ0n) is 10.0. The van der Waals surface area contributed by atoms with Gasteiger partial charge in [0, 0.05) is 17.5 Å². The van der Waals surface area contributed by atoms with Gasteiger partial charge in [-0.2, -0.15) is 0 Å². The first-order valence-electron chi connectivity index (χ1n) is 5.42. The molecular formula is C12H21NOS. The highest BCUT2D eigenvalue weighted by Gasteiger charge is 2.23. The van der Waals surface area contributed by atoms with Gasteiger partial charge in [-0.05, 0) is 38.8 Å². The Morgan fingerprint density at radius 1 is 1.60 bits per heavy atom. The summed E-state index contributed by atoms with van der Waals surface area (Å²) in [6.45, 7) is 6.80. The van der Waals surface area contributed by atoms with Gasteiger partial charge in [0.1, 0.15) is 0 Å². The molecule has 0 fully saturated rings. The molecule has 2 nitrogen and oxygen atoms in total. The van der Waals surface area contributed by atoms with Crippen LogP contribution in [-0.4, -0.2) is 29.2 Å². The highest BCUT2D eigenvalue weighted by molar-refractivity contribution is 7.10. The van der Waals surface area contributed by atoms with E-state index >= 15 is 0 Å². The van der Waals surface area contributed by atoms with Gasteiger partial charge in [0.25, 0.3) is 0 Å². The zero-order valence-corrected chi connectivity index (χ0v) is 10.8. The maximum Gasteiger partial charge on any atom is 0.0743 e. The zero-order chi connectivity index (χ0) is 11.5. The number of hydrogen-bond donors (Lipinski definition) is 1. The molecule has 1 aromatic heterocycles. The van der Waals surface area contributed by atoms with E-state index in [0.29, 0.717) is 12.6 Å². The molecule has 2 atom stereocenters. The second kappa shape index (κ2) is 5.10. The topological polar surface area (TPSA) is 23.5 Å². The van der Waals surface area contributed by atoms with Crippen molar-refractivity contribution in [3.05, 3.63) is 22.4 Å². The molecule has 0 aliphatic carbocycles. The molecule has 1 N–H and O–H groups in total. The van der Waals surface area contributed by atoms with E-state index in [1.54, 1.807) is 11.3 Å². The normalized spacial score (nSPS) is 17.7. The van der Waals surface area contributed by atoms with E-state index in [2.05, 4.69) is 36.4 Å². The fourth-order valence-electron chi connectivity index (χ4n) is 1.53. The minimum atomic E-state index is -0.583. The summed E-state index contributed by atoms with van der Waals surface area (Å²) < 4.78 is 0. The van der Waals surface area contributed by atoms with E-state index in [0.717, 1.165) is 6.42 Å². The average Bonchev–Trinajstić information content (AvgIpc) is 2.68. The number of hydrogen-bond acceptors (Lipinski definition) is 3. The lowest BCUT2D eigenvalue weighted by Gasteiger charge is -2.31. The van der Waals surface area contributed by atoms with Crippen molar-refractivity contribution < 1.29 is 5.11 Å². The van der Waals surface area contributed by atoms with Crippen molar-refractivity contribution in [2.75, 3.05) is 13.6 Å². The van der Waals surface area contributed by atoms with Crippen LogP contribution in [0.5, 0.6) is 0 Å². The Bertz CT molecular complexity index is 282. The predicted octanol–water partition coefficient (Wildman–Crippen LogP) is 2.90. The summed E-state index contributed by atoms with van der Waals surface area (Å²) in [6.07, 6.45) is 0.786. The van der Waals surface area contributed by atoms with E-state index in [4.69, 9.17) is 0 Å². The Balaban J connectivity index is 2.58. The Morgan fingerprint density at radius 2 is 2.27 bits per heavy atom. The third-order valence-corrected chi connectivity index (χ3v) is 4.01. The van der Waals surface area contributed by atoms with Crippen LogP contribution in [0.4, 0.5) is 0 Å². The third-order valence-electron chi connectivity index (χ3n) is 2.97. The molecule has 1 heterocycles. The second-order valence-corrected chi connectivity index (χ2v) is 5.44. The monoisotopic (exact) mass is 227 g/mol. The summed E-state index contributed by atoms with van der Waals surface area (Å²) >= 11 is 1.77. The summed E-state index contributed by atoms with van der Waals surface area (Å²) in [5.74, 6) is 0. The predicted molar refractivity (Wildman–Crippen MR) is 66.3 cm³/mol. The molecule has 1 rings (SSSR count). The highest BCUT2D eigenvalue weighted by Crippen LogP contribution is 2.25. The van der Waals surface area contributed by atoms with Crippen molar-refractivity contribution in [1.82, 2.24) is 4.90 Å². The van der Waals surface area contributed by atoms with Gasteiger partial charge in [0.15, 0.2) is 0 Å². The number of nitrogens with zero attached hydrogens (tertiary/aromatic N) is 1. The lowest BCUT2D eigenvalue weighted by atomic mass is 10.0. The van der Waals surface area contributed by atoms with Crippen LogP contribution < -0.4 is 0 Å². The summed E-state index contributed by atoms with van der Waals surface area (Å²) in [5.41, 5.74) is -0.583. The molecule has 15 heavy (non-hydrogen) atoms. The Kier molecular flexibility index (Phi) is 4.32. The van der Waals surface area contributed by atoms with Crippen molar-refractivity contribution in [2.45, 2.75) is 38.8 Å². The molecular weight excluding hydrogens is 206 g/mol. The van der Waals surface area contributed by atoms with Gasteiger partial charge < -0.3 is 5.11 Å². The fourth-order valence-corrected chi connectivity index (χ4v) is 2.38. The first-order valence-corrected chi connectivity index (χ1v) is 6.30. The minimum absolute atomic E-state index is 0.378. The van der Waals surface area contributed by atoms with Gasteiger partial charge in [-0.25, -0.2) is 0 Å². The molecule has 0 spiro atoms. The average molecular weight is 227 g/mol. The number of rotatable bonds is 5. The van der Waals surface area contributed by atoms with Crippen LogP contribution in [0.2, 0.25) is 0 Å². The molecule has 2 unspecified atom stereocenters. The second-order valence-electron chi connectivity index (χ2n) is 4.46. The van der Waals surface area contributed by atoms with Crippen molar-refractivity contribution >= 4 is 11.3 Å². The van der Waals surface area contributed by atoms with E-state index in [-0.39, 0.29) is 0 Å². The largest absolute Gasteiger partial charge is 0.389 e. The number of likely N-dealkylation sites (N-methyl/N-ethyl adjacent to an activating group) is 1. The molecule has 3 heteroatoms. The van der Waals surface area contributed by atoms with Crippen molar-refractivity contribution in [3.8, 4) is 0 Å². The van der Waals surface area contributed by atoms with E-state index < -0.39 is 5.60 Å². The van der Waals surface area contributed by atoms with Gasteiger partial charge in [0.05, 0.1) is 5.60 Å². The molecule has 0 aromatic carbocycles. The quantitative estimate of drug-likeness (QED) is 0.836. The van der Waals surface area contributed by atoms with E-state index in [1.807, 2.05) is 13.8 Å².